The number of piperazine rings is 1. The Morgan fingerprint density at radius 2 is 1.85 bits per heavy atom. The molecule has 2 aromatic rings. The summed E-state index contributed by atoms with van der Waals surface area (Å²) in [5.74, 6) is -0.525. The summed E-state index contributed by atoms with van der Waals surface area (Å²) in [7, 11) is 2.08. The van der Waals surface area contributed by atoms with Crippen LogP contribution in [0.5, 0.6) is 0 Å². The van der Waals surface area contributed by atoms with Gasteiger partial charge < -0.3 is 9.80 Å². The maximum atomic E-state index is 13.5. The Morgan fingerprint density at radius 3 is 2.52 bits per heavy atom. The number of para-hydroxylation sites is 1. The maximum absolute atomic E-state index is 13.5. The van der Waals surface area contributed by atoms with Crippen molar-refractivity contribution in [3.05, 3.63) is 74.7 Å². The Bertz CT molecular complexity index is 1140. The number of nitriles is 1. The monoisotopic (exact) mass is 501 g/mol. The van der Waals surface area contributed by atoms with Gasteiger partial charge in [-0.3, -0.25) is 14.5 Å². The van der Waals surface area contributed by atoms with Gasteiger partial charge >= 0.3 is 0 Å². The van der Waals surface area contributed by atoms with Crippen molar-refractivity contribution in [2.45, 2.75) is 11.7 Å². The smallest absolute Gasteiger partial charge is 0.267 e. The Hall–Kier alpha value is -2.50. The quantitative estimate of drug-likeness (QED) is 0.516. The number of anilines is 1. The van der Waals surface area contributed by atoms with Gasteiger partial charge in [0.2, 0.25) is 5.91 Å². The van der Waals surface area contributed by atoms with E-state index in [-0.39, 0.29) is 17.4 Å². The predicted octanol–water partition coefficient (Wildman–Crippen LogP) is 2.78. The first-order chi connectivity index (χ1) is 15.9. The van der Waals surface area contributed by atoms with Crippen LogP contribution in [0, 0.1) is 11.3 Å². The fourth-order valence-corrected chi connectivity index (χ4v) is 5.63. The summed E-state index contributed by atoms with van der Waals surface area (Å²) in [6, 6.07) is 16.5. The van der Waals surface area contributed by atoms with Crippen LogP contribution in [-0.2, 0) is 16.0 Å². The second-order valence-corrected chi connectivity index (χ2v) is 10.1. The number of rotatable bonds is 4. The number of hydrogen-bond donors (Lipinski definition) is 1. The van der Waals surface area contributed by atoms with E-state index >= 15 is 0 Å². The van der Waals surface area contributed by atoms with Crippen LogP contribution in [0.1, 0.15) is 5.56 Å². The van der Waals surface area contributed by atoms with Gasteiger partial charge in [-0.25, -0.2) is 0 Å². The highest BCUT2D eigenvalue weighted by atomic mass is 35.5. The summed E-state index contributed by atoms with van der Waals surface area (Å²) in [5.41, 5.74) is 1.36. The molecule has 0 aliphatic carbocycles. The fourth-order valence-electron chi connectivity index (χ4n) is 3.95. The van der Waals surface area contributed by atoms with Crippen molar-refractivity contribution in [3.63, 3.8) is 0 Å². The zero-order valence-electron chi connectivity index (χ0n) is 18.1. The number of carbonyl (C=O) groups is 2. The van der Waals surface area contributed by atoms with Crippen molar-refractivity contribution < 1.29 is 14.5 Å². The van der Waals surface area contributed by atoms with Crippen LogP contribution in [0.3, 0.4) is 0 Å². The van der Waals surface area contributed by atoms with Crippen molar-refractivity contribution in [2.75, 3.05) is 38.1 Å². The molecule has 33 heavy (non-hydrogen) atoms. The highest BCUT2D eigenvalue weighted by Crippen LogP contribution is 2.43. The Balaban J connectivity index is 1.72. The molecule has 1 N–H and O–H groups in total. The lowest BCUT2D eigenvalue weighted by atomic mass is 10.1. The van der Waals surface area contributed by atoms with Crippen LogP contribution < -0.4 is 9.80 Å². The summed E-state index contributed by atoms with van der Waals surface area (Å²) < 4.78 is 0. The summed E-state index contributed by atoms with van der Waals surface area (Å²) in [6.45, 7) is 2.80. The van der Waals surface area contributed by atoms with Gasteiger partial charge in [0, 0.05) is 5.69 Å². The topological polar surface area (TPSA) is 68.8 Å². The van der Waals surface area contributed by atoms with E-state index in [1.54, 1.807) is 29.2 Å². The summed E-state index contributed by atoms with van der Waals surface area (Å²) in [5, 5.41) is 10.7. The van der Waals surface area contributed by atoms with E-state index in [4.69, 9.17) is 23.2 Å². The first-order valence-electron chi connectivity index (χ1n) is 10.6. The zero-order chi connectivity index (χ0) is 23.5. The van der Waals surface area contributed by atoms with Crippen LogP contribution in [0.2, 0.25) is 10.0 Å². The molecule has 2 aromatic carbocycles. The van der Waals surface area contributed by atoms with Gasteiger partial charge in [0.15, 0.2) is 0 Å². The van der Waals surface area contributed by atoms with Gasteiger partial charge in [-0.15, -0.1) is 0 Å². The van der Waals surface area contributed by atoms with E-state index in [1.165, 1.54) is 21.6 Å². The number of benzene rings is 2. The van der Waals surface area contributed by atoms with Crippen molar-refractivity contribution >= 4 is 52.5 Å². The van der Waals surface area contributed by atoms with Crippen molar-refractivity contribution in [1.82, 2.24) is 4.90 Å². The van der Waals surface area contributed by atoms with Gasteiger partial charge in [0.1, 0.15) is 16.7 Å². The van der Waals surface area contributed by atoms with Gasteiger partial charge in [0.05, 0.1) is 48.5 Å². The standard InChI is InChI=1S/C24H22Cl2N4O2S/c1-28-10-12-29(13-11-28)22(31)18(15-27)24-30(17-7-3-2-4-8-17)23(32)20(33-24)14-16-6-5-9-19(25)21(16)26/h2-9,20H,10-14H2,1H3/p+1/b24-18-/t20-/m1/s1. The van der Waals surface area contributed by atoms with E-state index in [0.717, 1.165) is 18.7 Å². The first-order valence-corrected chi connectivity index (χ1v) is 12.3. The molecule has 0 spiro atoms. The van der Waals surface area contributed by atoms with Gasteiger partial charge in [-0.1, -0.05) is 65.3 Å². The number of hydrogen-bond acceptors (Lipinski definition) is 4. The van der Waals surface area contributed by atoms with E-state index in [2.05, 4.69) is 13.1 Å². The number of likely N-dealkylation sites (N-methyl/N-ethyl adjacent to an activating group) is 1. The van der Waals surface area contributed by atoms with Gasteiger partial charge in [-0.2, -0.15) is 5.26 Å². The van der Waals surface area contributed by atoms with Crippen LogP contribution in [0.15, 0.2) is 59.1 Å². The lowest BCUT2D eigenvalue weighted by Crippen LogP contribution is -3.12. The number of halogens is 2. The second kappa shape index (κ2) is 10.2. The maximum Gasteiger partial charge on any atom is 0.267 e. The molecule has 6 nitrogen and oxygen atoms in total. The molecule has 0 radical (unpaired) electrons. The van der Waals surface area contributed by atoms with E-state index in [1.807, 2.05) is 24.3 Å². The summed E-state index contributed by atoms with van der Waals surface area (Å²) in [6.07, 6.45) is 0.334. The molecule has 2 fully saturated rings. The fraction of sp³-hybridized carbons (Fsp3) is 0.292. The Morgan fingerprint density at radius 1 is 1.15 bits per heavy atom. The predicted molar refractivity (Wildman–Crippen MR) is 131 cm³/mol. The largest absolute Gasteiger partial charge is 0.334 e. The lowest BCUT2D eigenvalue weighted by molar-refractivity contribution is -0.883. The zero-order valence-corrected chi connectivity index (χ0v) is 20.4. The molecule has 2 amide bonds. The minimum Gasteiger partial charge on any atom is -0.334 e. The van der Waals surface area contributed by atoms with Gasteiger partial charge in [-0.05, 0) is 30.2 Å². The molecule has 0 saturated carbocycles. The van der Waals surface area contributed by atoms with E-state index in [9.17, 15) is 14.9 Å². The highest BCUT2D eigenvalue weighted by molar-refractivity contribution is 8.05. The third-order valence-corrected chi connectivity index (χ3v) is 7.97. The van der Waals surface area contributed by atoms with E-state index < -0.39 is 5.25 Å². The molecular formula is C24H23Cl2N4O2S+. The third kappa shape index (κ3) is 4.90. The number of carbonyl (C=O) groups excluding carboxylic acids is 2. The summed E-state index contributed by atoms with van der Waals surface area (Å²) >= 11 is 13.8. The molecule has 0 aromatic heterocycles. The van der Waals surface area contributed by atoms with Crippen molar-refractivity contribution in [1.29, 1.82) is 5.26 Å². The minimum atomic E-state index is -0.538. The molecule has 0 unspecified atom stereocenters. The number of amides is 2. The molecule has 2 aliphatic heterocycles. The molecule has 4 rings (SSSR count). The average molecular weight is 502 g/mol. The third-order valence-electron chi connectivity index (χ3n) is 5.85. The number of quaternary nitrogens is 1. The lowest BCUT2D eigenvalue weighted by Gasteiger charge is -2.30. The van der Waals surface area contributed by atoms with E-state index in [0.29, 0.717) is 40.3 Å². The number of nitrogens with one attached hydrogen (secondary N) is 1. The SMILES string of the molecule is C[NH+]1CCN(C(=O)/C(C#N)=C2\S[C@H](Cc3cccc(Cl)c3Cl)C(=O)N2c2ccccc2)CC1. The molecular weight excluding hydrogens is 479 g/mol. The number of nitrogens with zero attached hydrogens (tertiary/aromatic N) is 3. The van der Waals surface area contributed by atoms with Crippen molar-refractivity contribution in [2.24, 2.45) is 0 Å². The minimum absolute atomic E-state index is 0.00329. The van der Waals surface area contributed by atoms with Crippen LogP contribution in [0.25, 0.3) is 0 Å². The van der Waals surface area contributed by atoms with Gasteiger partial charge in [0.25, 0.3) is 5.91 Å². The number of thioether (sulfide) groups is 1. The van der Waals surface area contributed by atoms with Crippen LogP contribution in [-0.4, -0.2) is 55.2 Å². The van der Waals surface area contributed by atoms with Crippen molar-refractivity contribution in [3.8, 4) is 6.07 Å². The van der Waals surface area contributed by atoms with Crippen LogP contribution in [0.4, 0.5) is 5.69 Å². The Kier molecular flexibility index (Phi) is 7.30. The first kappa shape index (κ1) is 23.7. The average Bonchev–Trinajstić information content (AvgIpc) is 3.14. The van der Waals surface area contributed by atoms with Crippen LogP contribution >= 0.6 is 35.0 Å². The molecule has 2 saturated heterocycles. The Labute approximate surface area is 207 Å². The summed E-state index contributed by atoms with van der Waals surface area (Å²) in [4.78, 5) is 31.4. The molecule has 2 aliphatic rings. The molecule has 0 bridgehead atoms. The molecule has 9 heteroatoms. The highest BCUT2D eigenvalue weighted by Gasteiger charge is 2.42. The molecule has 1 atom stereocenters. The molecule has 170 valence electrons. The second-order valence-electron chi connectivity index (χ2n) is 8.07. The normalized spacial score (nSPS) is 20.7. The molecule has 2 heterocycles.